The zero-order valence-electron chi connectivity index (χ0n) is 10.6. The Morgan fingerprint density at radius 3 is 2.85 bits per heavy atom. The molecule has 1 aromatic carbocycles. The predicted molar refractivity (Wildman–Crippen MR) is 82.9 cm³/mol. The number of furan rings is 1. The summed E-state index contributed by atoms with van der Waals surface area (Å²) in [6.45, 7) is 2.56. The molecule has 0 fully saturated rings. The summed E-state index contributed by atoms with van der Waals surface area (Å²) in [5.74, 6) is 0.127. The lowest BCUT2D eigenvalue weighted by atomic mass is 10.2. The normalized spacial score (nSPS) is 11.2. The van der Waals surface area contributed by atoms with Crippen LogP contribution in [0.2, 0.25) is 0 Å². The van der Waals surface area contributed by atoms with Gasteiger partial charge in [-0.05, 0) is 50.9 Å². The first-order chi connectivity index (χ1) is 9.61. The molecule has 0 bridgehead atoms. The third-order valence-electron chi connectivity index (χ3n) is 3.03. The molecule has 0 aliphatic rings. The molecule has 2 aromatic heterocycles. The zero-order valence-corrected chi connectivity index (χ0v) is 13.7. The van der Waals surface area contributed by atoms with E-state index in [2.05, 4.69) is 37.0 Å². The molecule has 20 heavy (non-hydrogen) atoms. The van der Waals surface area contributed by atoms with E-state index >= 15 is 0 Å². The highest BCUT2D eigenvalue weighted by molar-refractivity contribution is 9.11. The van der Waals surface area contributed by atoms with Gasteiger partial charge in [-0.15, -0.1) is 0 Å². The third-order valence-corrected chi connectivity index (χ3v) is 4.23. The Balaban J connectivity index is 2.13. The Hall–Kier alpha value is -1.40. The van der Waals surface area contributed by atoms with Gasteiger partial charge in [-0.2, -0.15) is 5.10 Å². The Kier molecular flexibility index (Phi) is 3.52. The summed E-state index contributed by atoms with van der Waals surface area (Å²) < 4.78 is 8.83. The number of benzene rings is 1. The smallest absolute Gasteiger partial charge is 0.247 e. The Labute approximate surface area is 132 Å². The van der Waals surface area contributed by atoms with Crippen LogP contribution in [0.4, 0.5) is 0 Å². The monoisotopic (exact) mass is 396 g/mol. The number of fused-ring (bicyclic) bond motifs is 1. The lowest BCUT2D eigenvalue weighted by Crippen LogP contribution is -2.10. The molecule has 0 amide bonds. The van der Waals surface area contributed by atoms with Crippen molar-refractivity contribution in [2.45, 2.75) is 13.5 Å². The number of carbonyl (C=O) groups is 1. The van der Waals surface area contributed by atoms with Gasteiger partial charge < -0.3 is 4.42 Å². The summed E-state index contributed by atoms with van der Waals surface area (Å²) >= 11 is 6.78. The molecule has 4 nitrogen and oxygen atoms in total. The van der Waals surface area contributed by atoms with Gasteiger partial charge in [0.1, 0.15) is 11.3 Å². The predicted octanol–water partition coefficient (Wildman–Crippen LogP) is 4.41. The second-order valence-corrected chi connectivity index (χ2v) is 5.96. The fourth-order valence-electron chi connectivity index (χ4n) is 2.08. The van der Waals surface area contributed by atoms with Crippen molar-refractivity contribution in [1.82, 2.24) is 9.78 Å². The highest BCUT2D eigenvalue weighted by Crippen LogP contribution is 2.29. The van der Waals surface area contributed by atoms with Crippen molar-refractivity contribution >= 4 is 48.6 Å². The maximum atomic E-state index is 12.6. The molecule has 0 spiro atoms. The number of aryl methyl sites for hydroxylation is 1. The van der Waals surface area contributed by atoms with Gasteiger partial charge in [-0.25, -0.2) is 0 Å². The number of rotatable bonds is 3. The summed E-state index contributed by atoms with van der Waals surface area (Å²) in [4.78, 5) is 12.6. The topological polar surface area (TPSA) is 48.0 Å². The van der Waals surface area contributed by atoms with Gasteiger partial charge in [0, 0.05) is 11.9 Å². The Bertz CT molecular complexity index is 805. The lowest BCUT2D eigenvalue weighted by Gasteiger charge is -2.02. The molecule has 0 atom stereocenters. The van der Waals surface area contributed by atoms with Crippen molar-refractivity contribution in [3.05, 3.63) is 50.9 Å². The number of carbonyl (C=O) groups excluding carboxylic acids is 1. The van der Waals surface area contributed by atoms with Gasteiger partial charge in [0.15, 0.2) is 5.76 Å². The molecule has 102 valence electrons. The molecule has 0 aliphatic carbocycles. The molecule has 0 N–H and O–H groups in total. The van der Waals surface area contributed by atoms with Crippen LogP contribution in [0.25, 0.3) is 11.0 Å². The van der Waals surface area contributed by atoms with Crippen LogP contribution in [-0.4, -0.2) is 15.6 Å². The minimum Gasteiger partial charge on any atom is -0.451 e. The van der Waals surface area contributed by atoms with Gasteiger partial charge in [0.2, 0.25) is 5.78 Å². The van der Waals surface area contributed by atoms with E-state index in [1.165, 1.54) is 0 Å². The van der Waals surface area contributed by atoms with Crippen molar-refractivity contribution in [2.75, 3.05) is 0 Å². The van der Waals surface area contributed by atoms with E-state index in [1.807, 2.05) is 25.1 Å². The first kappa shape index (κ1) is 13.6. The Morgan fingerprint density at radius 2 is 2.15 bits per heavy atom. The minimum atomic E-state index is -0.181. The maximum absolute atomic E-state index is 12.6. The average Bonchev–Trinajstić information content (AvgIpc) is 3.02. The summed E-state index contributed by atoms with van der Waals surface area (Å²) in [5, 5.41) is 5.04. The quantitative estimate of drug-likeness (QED) is 0.615. The first-order valence-electron chi connectivity index (χ1n) is 6.06. The van der Waals surface area contributed by atoms with Gasteiger partial charge in [-0.3, -0.25) is 9.48 Å². The highest BCUT2D eigenvalue weighted by atomic mass is 79.9. The number of para-hydroxylation sites is 1. The number of halogens is 2. The van der Waals surface area contributed by atoms with E-state index in [0.29, 0.717) is 28.1 Å². The van der Waals surface area contributed by atoms with Gasteiger partial charge >= 0.3 is 0 Å². The summed E-state index contributed by atoms with van der Waals surface area (Å²) in [7, 11) is 0. The van der Waals surface area contributed by atoms with E-state index in [-0.39, 0.29) is 5.78 Å². The third kappa shape index (κ3) is 2.13. The van der Waals surface area contributed by atoms with Crippen molar-refractivity contribution < 1.29 is 9.21 Å². The zero-order chi connectivity index (χ0) is 14.3. The standard InChI is InChI=1S/C14H10Br2N2O2/c1-2-18-12(10(16)7-17-18)13(19)11-6-8-4-3-5-9(15)14(8)20-11/h3-7H,2H2,1H3. The van der Waals surface area contributed by atoms with Crippen molar-refractivity contribution in [3.8, 4) is 0 Å². The molecule has 0 radical (unpaired) electrons. The van der Waals surface area contributed by atoms with Crippen molar-refractivity contribution in [3.63, 3.8) is 0 Å². The van der Waals surface area contributed by atoms with Gasteiger partial charge in [0.25, 0.3) is 0 Å². The number of hydrogen-bond donors (Lipinski definition) is 0. The first-order valence-corrected chi connectivity index (χ1v) is 7.64. The second kappa shape index (κ2) is 5.18. The van der Waals surface area contributed by atoms with Crippen LogP contribution in [0.1, 0.15) is 23.2 Å². The molecule has 3 aromatic rings. The number of aromatic nitrogens is 2. The number of ketones is 1. The van der Waals surface area contributed by atoms with Crippen molar-refractivity contribution in [2.24, 2.45) is 0 Å². The van der Waals surface area contributed by atoms with Crippen LogP contribution in [0.5, 0.6) is 0 Å². The molecule has 0 aliphatic heterocycles. The van der Waals surface area contributed by atoms with E-state index in [4.69, 9.17) is 4.42 Å². The second-order valence-electron chi connectivity index (χ2n) is 4.25. The fourth-order valence-corrected chi connectivity index (χ4v) is 3.02. The van der Waals surface area contributed by atoms with Crippen LogP contribution < -0.4 is 0 Å². The molecule has 0 saturated carbocycles. The van der Waals surface area contributed by atoms with Gasteiger partial charge in [0.05, 0.1) is 15.1 Å². The molecule has 2 heterocycles. The molecule has 6 heteroatoms. The van der Waals surface area contributed by atoms with Crippen LogP contribution in [-0.2, 0) is 6.54 Å². The summed E-state index contributed by atoms with van der Waals surface area (Å²) in [6.07, 6.45) is 1.62. The van der Waals surface area contributed by atoms with Crippen LogP contribution in [0, 0.1) is 0 Å². The maximum Gasteiger partial charge on any atom is 0.247 e. The molecular weight excluding hydrogens is 388 g/mol. The van der Waals surface area contributed by atoms with E-state index in [1.54, 1.807) is 16.9 Å². The van der Waals surface area contributed by atoms with Gasteiger partial charge in [-0.1, -0.05) is 12.1 Å². The Morgan fingerprint density at radius 1 is 1.35 bits per heavy atom. The van der Waals surface area contributed by atoms with Crippen LogP contribution in [0.3, 0.4) is 0 Å². The number of nitrogens with zero attached hydrogens (tertiary/aromatic N) is 2. The fraction of sp³-hybridized carbons (Fsp3) is 0.143. The van der Waals surface area contributed by atoms with E-state index < -0.39 is 0 Å². The van der Waals surface area contributed by atoms with Crippen LogP contribution in [0.15, 0.2) is 43.8 Å². The lowest BCUT2D eigenvalue weighted by molar-refractivity contribution is 0.100. The molecule has 3 rings (SSSR count). The van der Waals surface area contributed by atoms with Crippen molar-refractivity contribution in [1.29, 1.82) is 0 Å². The average molecular weight is 398 g/mol. The van der Waals surface area contributed by atoms with E-state index in [0.717, 1.165) is 9.86 Å². The summed E-state index contributed by atoms with van der Waals surface area (Å²) in [6, 6.07) is 7.45. The minimum absolute atomic E-state index is 0.181. The summed E-state index contributed by atoms with van der Waals surface area (Å²) in [5.41, 5.74) is 1.18. The molecule has 0 unspecified atom stereocenters. The SMILES string of the molecule is CCn1ncc(Br)c1C(=O)c1cc2cccc(Br)c2o1. The molecule has 0 saturated heterocycles. The largest absolute Gasteiger partial charge is 0.451 e. The van der Waals surface area contributed by atoms with Crippen LogP contribution >= 0.6 is 31.9 Å². The number of hydrogen-bond acceptors (Lipinski definition) is 3. The highest BCUT2D eigenvalue weighted by Gasteiger charge is 2.22. The van der Waals surface area contributed by atoms with E-state index in [9.17, 15) is 4.79 Å². The molecular formula is C14H10Br2N2O2.